The highest BCUT2D eigenvalue weighted by Gasteiger charge is 2.51. The molecule has 0 heterocycles. The molecule has 0 saturated heterocycles. The van der Waals surface area contributed by atoms with Crippen LogP contribution in [0, 0.1) is 23.7 Å². The molecule has 0 radical (unpaired) electrons. The van der Waals surface area contributed by atoms with Gasteiger partial charge in [-0.2, -0.15) is 0 Å². The largest absolute Gasteiger partial charge is 0.392 e. The van der Waals surface area contributed by atoms with Gasteiger partial charge in [0.1, 0.15) is 0 Å². The van der Waals surface area contributed by atoms with E-state index in [2.05, 4.69) is 0 Å². The second-order valence-electron chi connectivity index (χ2n) is 5.06. The van der Waals surface area contributed by atoms with Gasteiger partial charge in [0.25, 0.3) is 0 Å². The van der Waals surface area contributed by atoms with Crippen molar-refractivity contribution < 1.29 is 10.2 Å². The van der Waals surface area contributed by atoms with Crippen LogP contribution in [0.15, 0.2) is 11.1 Å². The van der Waals surface area contributed by atoms with Crippen LogP contribution in [-0.4, -0.2) is 23.4 Å². The van der Waals surface area contributed by atoms with E-state index in [-0.39, 0.29) is 13.2 Å². The van der Waals surface area contributed by atoms with Gasteiger partial charge in [0.15, 0.2) is 0 Å². The molecule has 2 fully saturated rings. The Kier molecular flexibility index (Phi) is 1.96. The predicted molar refractivity (Wildman–Crippen MR) is 53.6 cm³/mol. The zero-order valence-electron chi connectivity index (χ0n) is 8.45. The third-order valence-electron chi connectivity index (χ3n) is 4.85. The Morgan fingerprint density at radius 2 is 1.21 bits per heavy atom. The van der Waals surface area contributed by atoms with Crippen LogP contribution in [0.5, 0.6) is 0 Å². The second kappa shape index (κ2) is 3.07. The molecule has 0 spiro atoms. The van der Waals surface area contributed by atoms with E-state index in [1.165, 1.54) is 36.8 Å². The fourth-order valence-corrected chi connectivity index (χ4v) is 4.12. The van der Waals surface area contributed by atoms with Gasteiger partial charge in [0.05, 0.1) is 13.2 Å². The quantitative estimate of drug-likeness (QED) is 0.651. The van der Waals surface area contributed by atoms with Gasteiger partial charge in [-0.05, 0) is 60.5 Å². The Hall–Kier alpha value is -0.340. The Bertz CT molecular complexity index is 254. The molecule has 0 aromatic carbocycles. The summed E-state index contributed by atoms with van der Waals surface area (Å²) in [4.78, 5) is 0. The fourth-order valence-electron chi connectivity index (χ4n) is 4.12. The normalized spacial score (nSPS) is 45.0. The third kappa shape index (κ3) is 0.934. The summed E-state index contributed by atoms with van der Waals surface area (Å²) >= 11 is 0. The number of rotatable bonds is 2. The average molecular weight is 194 g/mol. The maximum absolute atomic E-state index is 9.37. The summed E-state index contributed by atoms with van der Waals surface area (Å²) < 4.78 is 0. The van der Waals surface area contributed by atoms with Gasteiger partial charge >= 0.3 is 0 Å². The monoisotopic (exact) mass is 194 g/mol. The Balaban J connectivity index is 2.01. The lowest BCUT2D eigenvalue weighted by atomic mass is 9.49. The van der Waals surface area contributed by atoms with Crippen molar-refractivity contribution in [2.75, 3.05) is 13.2 Å². The molecular formula is C12H18O2. The summed E-state index contributed by atoms with van der Waals surface area (Å²) in [6, 6.07) is 0. The first-order valence-corrected chi connectivity index (χ1v) is 5.80. The Labute approximate surface area is 84.6 Å². The Morgan fingerprint density at radius 3 is 1.50 bits per heavy atom. The lowest BCUT2D eigenvalue weighted by molar-refractivity contribution is 0.00176. The zero-order valence-corrected chi connectivity index (χ0v) is 8.45. The molecule has 2 N–H and O–H groups in total. The molecule has 2 saturated carbocycles. The van der Waals surface area contributed by atoms with Crippen LogP contribution in [0.2, 0.25) is 0 Å². The van der Waals surface area contributed by atoms with E-state index >= 15 is 0 Å². The van der Waals surface area contributed by atoms with Crippen molar-refractivity contribution in [2.45, 2.75) is 25.7 Å². The molecule has 78 valence electrons. The first kappa shape index (κ1) is 8.93. The van der Waals surface area contributed by atoms with Crippen molar-refractivity contribution >= 4 is 0 Å². The van der Waals surface area contributed by atoms with Crippen molar-refractivity contribution in [3.63, 3.8) is 0 Å². The van der Waals surface area contributed by atoms with Crippen molar-refractivity contribution in [3.05, 3.63) is 11.1 Å². The van der Waals surface area contributed by atoms with E-state index in [4.69, 9.17) is 0 Å². The van der Waals surface area contributed by atoms with E-state index in [9.17, 15) is 10.2 Å². The van der Waals surface area contributed by atoms with Gasteiger partial charge in [-0.3, -0.25) is 0 Å². The summed E-state index contributed by atoms with van der Waals surface area (Å²) in [7, 11) is 0. The topological polar surface area (TPSA) is 40.5 Å². The van der Waals surface area contributed by atoms with Crippen LogP contribution in [0.25, 0.3) is 0 Å². The fraction of sp³-hybridized carbons (Fsp3) is 0.833. The van der Waals surface area contributed by atoms with Crippen LogP contribution in [0.1, 0.15) is 25.7 Å². The molecule has 0 aromatic rings. The maximum Gasteiger partial charge on any atom is 0.0648 e. The smallest absolute Gasteiger partial charge is 0.0648 e. The molecule has 2 heteroatoms. The number of hydrogen-bond acceptors (Lipinski definition) is 2. The molecule has 4 aliphatic carbocycles. The van der Waals surface area contributed by atoms with Gasteiger partial charge in [-0.1, -0.05) is 0 Å². The zero-order chi connectivity index (χ0) is 9.71. The number of fused-ring (bicyclic) bond motifs is 1. The molecule has 14 heavy (non-hydrogen) atoms. The molecule has 0 aromatic heterocycles. The molecule has 4 atom stereocenters. The standard InChI is InChI=1S/C12H18O2/c13-5-11-9-3-4-10(12(11)6-14)8-2-1-7(8)9/h7-10,13-14H,1-6H2. The minimum absolute atomic E-state index is 0.181. The van der Waals surface area contributed by atoms with Crippen LogP contribution in [0.3, 0.4) is 0 Å². The average Bonchev–Trinajstić information content (AvgIpc) is 2.16. The highest BCUT2D eigenvalue weighted by Crippen LogP contribution is 2.59. The van der Waals surface area contributed by atoms with Crippen LogP contribution in [0.4, 0.5) is 0 Å². The molecule has 2 bridgehead atoms. The van der Waals surface area contributed by atoms with Crippen molar-refractivity contribution in [1.82, 2.24) is 0 Å². The van der Waals surface area contributed by atoms with E-state index in [0.717, 1.165) is 11.8 Å². The van der Waals surface area contributed by atoms with Gasteiger partial charge in [-0.15, -0.1) is 0 Å². The summed E-state index contributed by atoms with van der Waals surface area (Å²) in [5.74, 6) is 2.94. The molecular weight excluding hydrogens is 176 g/mol. The SMILES string of the molecule is OCC1=C(CO)C2CCC1C1CCC21. The van der Waals surface area contributed by atoms with Gasteiger partial charge in [0, 0.05) is 0 Å². The number of aliphatic hydroxyl groups is 2. The minimum atomic E-state index is 0.181. The molecule has 4 rings (SSSR count). The summed E-state index contributed by atoms with van der Waals surface area (Å²) in [6.45, 7) is 0.362. The van der Waals surface area contributed by atoms with Crippen LogP contribution >= 0.6 is 0 Å². The van der Waals surface area contributed by atoms with Gasteiger partial charge in [0.2, 0.25) is 0 Å². The summed E-state index contributed by atoms with van der Waals surface area (Å²) in [5, 5.41) is 18.7. The predicted octanol–water partition coefficient (Wildman–Crippen LogP) is 1.33. The third-order valence-corrected chi connectivity index (χ3v) is 4.85. The van der Waals surface area contributed by atoms with E-state index < -0.39 is 0 Å². The van der Waals surface area contributed by atoms with E-state index in [0.29, 0.717) is 11.8 Å². The molecule has 4 unspecified atom stereocenters. The summed E-state index contributed by atoms with van der Waals surface area (Å²) in [5.41, 5.74) is 2.40. The molecule has 0 aliphatic heterocycles. The van der Waals surface area contributed by atoms with E-state index in [1.807, 2.05) is 0 Å². The highest BCUT2D eigenvalue weighted by molar-refractivity contribution is 5.31. The van der Waals surface area contributed by atoms with Crippen molar-refractivity contribution in [3.8, 4) is 0 Å². The Morgan fingerprint density at radius 1 is 0.786 bits per heavy atom. The van der Waals surface area contributed by atoms with Gasteiger partial charge in [-0.25, -0.2) is 0 Å². The first-order chi connectivity index (χ1) is 6.86. The van der Waals surface area contributed by atoms with Gasteiger partial charge < -0.3 is 10.2 Å². The second-order valence-corrected chi connectivity index (χ2v) is 5.06. The maximum atomic E-state index is 9.37. The van der Waals surface area contributed by atoms with Crippen molar-refractivity contribution in [1.29, 1.82) is 0 Å². The highest BCUT2D eigenvalue weighted by atomic mass is 16.3. The molecule has 0 amide bonds. The number of aliphatic hydroxyl groups excluding tert-OH is 2. The van der Waals surface area contributed by atoms with E-state index in [1.54, 1.807) is 0 Å². The molecule has 2 nitrogen and oxygen atoms in total. The van der Waals surface area contributed by atoms with Crippen LogP contribution < -0.4 is 0 Å². The molecule has 4 aliphatic rings. The minimum Gasteiger partial charge on any atom is -0.392 e. The number of hydrogen-bond donors (Lipinski definition) is 2. The lowest BCUT2D eigenvalue weighted by Gasteiger charge is -2.56. The van der Waals surface area contributed by atoms with Crippen LogP contribution in [-0.2, 0) is 0 Å². The lowest BCUT2D eigenvalue weighted by Crippen LogP contribution is -2.48. The summed E-state index contributed by atoms with van der Waals surface area (Å²) in [6.07, 6.45) is 5.22. The van der Waals surface area contributed by atoms with Crippen molar-refractivity contribution in [2.24, 2.45) is 23.7 Å². The first-order valence-electron chi connectivity index (χ1n) is 5.80.